The first kappa shape index (κ1) is 17.5. The van der Waals surface area contributed by atoms with Crippen LogP contribution in [0.4, 0.5) is 0 Å². The molecule has 122 valence electrons. The van der Waals surface area contributed by atoms with Crippen LogP contribution in [0, 0.1) is 0 Å². The Morgan fingerprint density at radius 3 is 2.43 bits per heavy atom. The third-order valence-electron chi connectivity index (χ3n) is 3.68. The fraction of sp³-hybridized carbons (Fsp3) is 0.316. The van der Waals surface area contributed by atoms with E-state index < -0.39 is 0 Å². The minimum absolute atomic E-state index is 0.0320. The van der Waals surface area contributed by atoms with Crippen molar-refractivity contribution in [3.8, 4) is 0 Å². The van der Waals surface area contributed by atoms with Gasteiger partial charge in [-0.1, -0.05) is 54.1 Å². The number of amides is 1. The molecule has 23 heavy (non-hydrogen) atoms. The predicted molar refractivity (Wildman–Crippen MR) is 95.3 cm³/mol. The van der Waals surface area contributed by atoms with Crippen molar-refractivity contribution in [2.45, 2.75) is 33.0 Å². The van der Waals surface area contributed by atoms with Crippen molar-refractivity contribution in [3.05, 3.63) is 70.7 Å². The Morgan fingerprint density at radius 1 is 1.09 bits per heavy atom. The monoisotopic (exact) mass is 330 g/mol. The number of rotatable bonds is 7. The highest BCUT2D eigenvalue weighted by Gasteiger charge is 2.14. The van der Waals surface area contributed by atoms with Gasteiger partial charge in [-0.05, 0) is 37.1 Å². The summed E-state index contributed by atoms with van der Waals surface area (Å²) < 4.78 is 0. The van der Waals surface area contributed by atoms with E-state index in [4.69, 9.17) is 11.6 Å². The zero-order valence-corrected chi connectivity index (χ0v) is 14.4. The van der Waals surface area contributed by atoms with Crippen molar-refractivity contribution < 1.29 is 4.79 Å². The number of hydrogen-bond acceptors (Lipinski definition) is 2. The molecule has 1 amide bonds. The molecule has 0 aromatic heterocycles. The first-order valence-corrected chi connectivity index (χ1v) is 8.21. The molecule has 0 radical (unpaired) electrons. The highest BCUT2D eigenvalue weighted by molar-refractivity contribution is 6.30. The molecule has 2 rings (SSSR count). The quantitative estimate of drug-likeness (QED) is 0.836. The van der Waals surface area contributed by atoms with Crippen LogP contribution in [0.1, 0.15) is 25.0 Å². The number of hydrogen-bond donors (Lipinski definition) is 1. The minimum atomic E-state index is 0.0320. The summed E-state index contributed by atoms with van der Waals surface area (Å²) in [4.78, 5) is 14.3. The molecule has 0 aliphatic heterocycles. The Kier molecular flexibility index (Phi) is 6.63. The van der Waals surface area contributed by atoms with E-state index in [0.29, 0.717) is 19.6 Å². The third kappa shape index (κ3) is 6.05. The second kappa shape index (κ2) is 8.70. The largest absolute Gasteiger partial charge is 0.351 e. The van der Waals surface area contributed by atoms with E-state index in [0.717, 1.165) is 16.1 Å². The summed E-state index contributed by atoms with van der Waals surface area (Å²) in [5.41, 5.74) is 2.22. The fourth-order valence-corrected chi connectivity index (χ4v) is 2.54. The van der Waals surface area contributed by atoms with Gasteiger partial charge in [0.2, 0.25) is 5.91 Å². The van der Waals surface area contributed by atoms with E-state index in [-0.39, 0.29) is 11.9 Å². The van der Waals surface area contributed by atoms with Crippen LogP contribution in [0.3, 0.4) is 0 Å². The average Bonchev–Trinajstić information content (AvgIpc) is 2.53. The van der Waals surface area contributed by atoms with Gasteiger partial charge in [0.05, 0.1) is 6.54 Å². The Morgan fingerprint density at radius 2 is 1.78 bits per heavy atom. The number of nitrogens with one attached hydrogen (secondary N) is 1. The molecule has 0 aliphatic rings. The maximum Gasteiger partial charge on any atom is 0.234 e. The van der Waals surface area contributed by atoms with Gasteiger partial charge >= 0.3 is 0 Å². The molecular formula is C19H23ClN2O. The maximum atomic E-state index is 12.2. The molecule has 4 heteroatoms. The lowest BCUT2D eigenvalue weighted by Crippen LogP contribution is -2.40. The van der Waals surface area contributed by atoms with Crippen LogP contribution >= 0.6 is 11.6 Å². The van der Waals surface area contributed by atoms with Crippen molar-refractivity contribution in [1.29, 1.82) is 0 Å². The first-order chi connectivity index (χ1) is 11.0. The van der Waals surface area contributed by atoms with Crippen LogP contribution in [0.2, 0.25) is 5.02 Å². The molecule has 0 aliphatic carbocycles. The maximum absolute atomic E-state index is 12.2. The van der Waals surface area contributed by atoms with E-state index in [1.807, 2.05) is 54.6 Å². The molecule has 0 saturated carbocycles. The van der Waals surface area contributed by atoms with Gasteiger partial charge in [-0.25, -0.2) is 0 Å². The van der Waals surface area contributed by atoms with Crippen molar-refractivity contribution in [1.82, 2.24) is 10.2 Å². The summed E-state index contributed by atoms with van der Waals surface area (Å²) in [6, 6.07) is 18.0. The Labute approximate surface area is 143 Å². The second-order valence-electron chi connectivity index (χ2n) is 5.89. The van der Waals surface area contributed by atoms with Gasteiger partial charge in [-0.15, -0.1) is 0 Å². The van der Waals surface area contributed by atoms with Gasteiger partial charge in [0.1, 0.15) is 0 Å². The SMILES string of the molecule is CC(C)N(CC(=O)NCc1ccccc1)Cc1cccc(Cl)c1. The smallest absolute Gasteiger partial charge is 0.234 e. The van der Waals surface area contributed by atoms with Gasteiger partial charge in [0, 0.05) is 24.2 Å². The van der Waals surface area contributed by atoms with E-state index in [1.54, 1.807) is 0 Å². The normalized spacial score (nSPS) is 11.0. The van der Waals surface area contributed by atoms with Crippen molar-refractivity contribution >= 4 is 17.5 Å². The zero-order chi connectivity index (χ0) is 16.7. The molecule has 0 heterocycles. The van der Waals surface area contributed by atoms with Crippen LogP contribution < -0.4 is 5.32 Å². The summed E-state index contributed by atoms with van der Waals surface area (Å²) >= 11 is 6.03. The highest BCUT2D eigenvalue weighted by atomic mass is 35.5. The van der Waals surface area contributed by atoms with Crippen molar-refractivity contribution in [2.24, 2.45) is 0 Å². The Bertz CT molecular complexity index is 628. The molecular weight excluding hydrogens is 308 g/mol. The lowest BCUT2D eigenvalue weighted by Gasteiger charge is -2.26. The summed E-state index contributed by atoms with van der Waals surface area (Å²) in [5, 5.41) is 3.70. The van der Waals surface area contributed by atoms with E-state index in [1.165, 1.54) is 0 Å². The second-order valence-corrected chi connectivity index (χ2v) is 6.33. The standard InChI is InChI=1S/C19H23ClN2O/c1-15(2)22(13-17-9-6-10-18(20)11-17)14-19(23)21-12-16-7-4-3-5-8-16/h3-11,15H,12-14H2,1-2H3,(H,21,23). The predicted octanol–water partition coefficient (Wildman–Crippen LogP) is 3.87. The van der Waals surface area contributed by atoms with Gasteiger partial charge in [-0.3, -0.25) is 9.69 Å². The summed E-state index contributed by atoms with van der Waals surface area (Å²) in [6.07, 6.45) is 0. The van der Waals surface area contributed by atoms with Crippen LogP contribution in [-0.4, -0.2) is 23.4 Å². The lowest BCUT2D eigenvalue weighted by atomic mass is 10.2. The van der Waals surface area contributed by atoms with E-state index in [9.17, 15) is 4.79 Å². The molecule has 0 atom stereocenters. The van der Waals surface area contributed by atoms with Crippen LogP contribution in [0.25, 0.3) is 0 Å². The Hall–Kier alpha value is -1.84. The molecule has 0 spiro atoms. The molecule has 3 nitrogen and oxygen atoms in total. The highest BCUT2D eigenvalue weighted by Crippen LogP contribution is 2.14. The minimum Gasteiger partial charge on any atom is -0.351 e. The third-order valence-corrected chi connectivity index (χ3v) is 3.92. The summed E-state index contributed by atoms with van der Waals surface area (Å²) in [6.45, 7) is 5.82. The molecule has 2 aromatic rings. The number of carbonyl (C=O) groups is 1. The van der Waals surface area contributed by atoms with E-state index in [2.05, 4.69) is 24.1 Å². The number of benzene rings is 2. The lowest BCUT2D eigenvalue weighted by molar-refractivity contribution is -0.123. The van der Waals surface area contributed by atoms with Crippen LogP contribution in [0.15, 0.2) is 54.6 Å². The first-order valence-electron chi connectivity index (χ1n) is 7.83. The zero-order valence-electron chi connectivity index (χ0n) is 13.6. The number of nitrogens with zero attached hydrogens (tertiary/aromatic N) is 1. The van der Waals surface area contributed by atoms with Crippen LogP contribution in [-0.2, 0) is 17.9 Å². The van der Waals surface area contributed by atoms with Crippen molar-refractivity contribution in [3.63, 3.8) is 0 Å². The van der Waals surface area contributed by atoms with Gasteiger partial charge in [-0.2, -0.15) is 0 Å². The average molecular weight is 331 g/mol. The summed E-state index contributed by atoms with van der Waals surface area (Å²) in [5.74, 6) is 0.0320. The fourth-order valence-electron chi connectivity index (χ4n) is 2.33. The number of carbonyl (C=O) groups excluding carboxylic acids is 1. The number of halogens is 1. The van der Waals surface area contributed by atoms with E-state index >= 15 is 0 Å². The molecule has 1 N–H and O–H groups in total. The van der Waals surface area contributed by atoms with Gasteiger partial charge in [0.25, 0.3) is 0 Å². The molecule has 0 unspecified atom stereocenters. The molecule has 0 bridgehead atoms. The topological polar surface area (TPSA) is 32.3 Å². The molecule has 2 aromatic carbocycles. The van der Waals surface area contributed by atoms with Gasteiger partial charge in [0.15, 0.2) is 0 Å². The summed E-state index contributed by atoms with van der Waals surface area (Å²) in [7, 11) is 0. The van der Waals surface area contributed by atoms with Gasteiger partial charge < -0.3 is 5.32 Å². The van der Waals surface area contributed by atoms with Crippen LogP contribution in [0.5, 0.6) is 0 Å². The van der Waals surface area contributed by atoms with Crippen molar-refractivity contribution in [2.75, 3.05) is 6.54 Å². The molecule has 0 fully saturated rings. The molecule has 0 saturated heterocycles. The Balaban J connectivity index is 1.89.